The maximum absolute atomic E-state index is 14.0. The summed E-state index contributed by atoms with van der Waals surface area (Å²) in [5.41, 5.74) is -0.0912. The molecule has 2 aliphatic heterocycles. The third-order valence-corrected chi connectivity index (χ3v) is 11.7. The summed E-state index contributed by atoms with van der Waals surface area (Å²) in [7, 11) is 0. The highest BCUT2D eigenvalue weighted by molar-refractivity contribution is 5.77. The fourth-order valence-electron chi connectivity index (χ4n) is 9.33. The Hall–Kier alpha value is -1.01. The molecule has 10 atom stereocenters. The number of amides is 1. The molecule has 0 aromatic rings. The Morgan fingerprint density at radius 3 is 1.66 bits per heavy atom. The number of aliphatic hydroxyl groups is 8. The lowest BCUT2D eigenvalue weighted by Gasteiger charge is -2.61. The first-order valence-electron chi connectivity index (χ1n) is 17.6. The molecule has 4 aliphatic carbocycles. The van der Waals surface area contributed by atoms with Crippen LogP contribution >= 0.6 is 0 Å². The van der Waals surface area contributed by atoms with E-state index in [0.29, 0.717) is 18.3 Å². The highest BCUT2D eigenvalue weighted by Gasteiger charge is 2.57. The van der Waals surface area contributed by atoms with Crippen LogP contribution in [-0.2, 0) is 23.7 Å². The van der Waals surface area contributed by atoms with Gasteiger partial charge in [-0.1, -0.05) is 32.6 Å². The van der Waals surface area contributed by atoms with E-state index < -0.39 is 80.7 Å². The molecule has 2 heterocycles. The fraction of sp³-hybridized carbons (Fsp3) is 0.970. The molecule has 14 heteroatoms. The predicted molar refractivity (Wildman–Crippen MR) is 164 cm³/mol. The van der Waals surface area contributed by atoms with E-state index in [4.69, 9.17) is 18.9 Å². The minimum absolute atomic E-state index is 0.0912. The van der Waals surface area contributed by atoms with Crippen molar-refractivity contribution < 1.29 is 64.6 Å². The Morgan fingerprint density at radius 2 is 1.21 bits per heavy atom. The van der Waals surface area contributed by atoms with Gasteiger partial charge in [-0.3, -0.25) is 4.79 Å². The van der Waals surface area contributed by atoms with E-state index in [1.54, 1.807) is 0 Å². The van der Waals surface area contributed by atoms with Gasteiger partial charge in [-0.2, -0.15) is 0 Å². The van der Waals surface area contributed by atoms with Crippen LogP contribution in [0.3, 0.4) is 0 Å². The maximum Gasteiger partial charge on any atom is 0.220 e. The number of rotatable bonds is 16. The monoisotopic (exact) mass is 675 g/mol. The average Bonchev–Trinajstić information content (AvgIpc) is 3.05. The lowest BCUT2D eigenvalue weighted by Crippen LogP contribution is -2.60. The molecule has 0 radical (unpaired) electrons. The number of carbonyl (C=O) groups is 1. The molecule has 2 saturated heterocycles. The lowest BCUT2D eigenvalue weighted by atomic mass is 9.43. The molecule has 0 aromatic carbocycles. The SMILES string of the molecule is CCCCCC[C@]1(CC(=O)NC(CO[C@H]2OC(CO)[C@H](O)[C@@H](O)C2O)CO[C@H]2OC(CO)[C@H](O)[C@@H](O)C2O)C2C[C@@H]3C[C@H](C2)C[C@@H]1C3. The van der Waals surface area contributed by atoms with Gasteiger partial charge in [0, 0.05) is 6.42 Å². The van der Waals surface area contributed by atoms with Gasteiger partial charge in [-0.25, -0.2) is 0 Å². The summed E-state index contributed by atoms with van der Waals surface area (Å²) in [5.74, 6) is 2.31. The van der Waals surface area contributed by atoms with E-state index >= 15 is 0 Å². The summed E-state index contributed by atoms with van der Waals surface area (Å²) in [4.78, 5) is 14.0. The van der Waals surface area contributed by atoms with Crippen molar-refractivity contribution in [3.63, 3.8) is 0 Å². The zero-order chi connectivity index (χ0) is 33.9. The van der Waals surface area contributed by atoms with Crippen LogP contribution in [0.25, 0.3) is 0 Å². The molecular weight excluding hydrogens is 618 g/mol. The van der Waals surface area contributed by atoms with Gasteiger partial charge in [0.25, 0.3) is 0 Å². The van der Waals surface area contributed by atoms with E-state index in [1.807, 2.05) is 0 Å². The molecule has 4 bridgehead atoms. The Morgan fingerprint density at radius 1 is 0.723 bits per heavy atom. The van der Waals surface area contributed by atoms with Crippen molar-refractivity contribution in [2.75, 3.05) is 26.4 Å². The number of nitrogens with one attached hydrogen (secondary N) is 1. The van der Waals surface area contributed by atoms with E-state index in [-0.39, 0.29) is 24.5 Å². The van der Waals surface area contributed by atoms with Crippen molar-refractivity contribution >= 4 is 5.91 Å². The van der Waals surface area contributed by atoms with Crippen LogP contribution in [-0.4, -0.2) is 141 Å². The van der Waals surface area contributed by atoms with E-state index in [9.17, 15) is 45.6 Å². The van der Waals surface area contributed by atoms with Gasteiger partial charge in [-0.05, 0) is 67.6 Å². The van der Waals surface area contributed by atoms with Crippen LogP contribution in [0.5, 0.6) is 0 Å². The topological polar surface area (TPSA) is 228 Å². The summed E-state index contributed by atoms with van der Waals surface area (Å²) in [6.07, 6.45) is -3.11. The molecule has 4 saturated carbocycles. The molecule has 1 amide bonds. The third kappa shape index (κ3) is 8.15. The van der Waals surface area contributed by atoms with Crippen LogP contribution < -0.4 is 5.32 Å². The Balaban J connectivity index is 1.28. The number of hydrogen-bond acceptors (Lipinski definition) is 13. The summed E-state index contributed by atoms with van der Waals surface area (Å²) in [6, 6.07) is -0.879. The minimum atomic E-state index is -1.64. The first kappa shape index (κ1) is 37.3. The molecule has 272 valence electrons. The van der Waals surface area contributed by atoms with Crippen LogP contribution in [0, 0.1) is 29.1 Å². The second-order valence-corrected chi connectivity index (χ2v) is 14.9. The Labute approximate surface area is 276 Å². The van der Waals surface area contributed by atoms with Crippen molar-refractivity contribution in [1.82, 2.24) is 5.32 Å². The zero-order valence-corrected chi connectivity index (χ0v) is 27.4. The molecule has 47 heavy (non-hydrogen) atoms. The van der Waals surface area contributed by atoms with E-state index in [2.05, 4.69) is 12.2 Å². The van der Waals surface area contributed by atoms with Crippen LogP contribution in [0.2, 0.25) is 0 Å². The number of carbonyl (C=O) groups excluding carboxylic acids is 1. The van der Waals surface area contributed by atoms with Crippen LogP contribution in [0.1, 0.15) is 77.6 Å². The van der Waals surface area contributed by atoms with Crippen LogP contribution in [0.15, 0.2) is 0 Å². The highest BCUT2D eigenvalue weighted by atomic mass is 16.7. The Bertz CT molecular complexity index is 932. The van der Waals surface area contributed by atoms with Gasteiger partial charge in [0.15, 0.2) is 12.6 Å². The fourth-order valence-corrected chi connectivity index (χ4v) is 9.33. The molecule has 4 unspecified atom stereocenters. The molecule has 9 N–H and O–H groups in total. The third-order valence-electron chi connectivity index (χ3n) is 11.7. The Kier molecular flexibility index (Phi) is 13.0. The van der Waals surface area contributed by atoms with Gasteiger partial charge in [0.2, 0.25) is 5.91 Å². The molecule has 6 rings (SSSR count). The second kappa shape index (κ2) is 16.3. The van der Waals surface area contributed by atoms with Gasteiger partial charge in [0.1, 0.15) is 48.8 Å². The van der Waals surface area contributed by atoms with E-state index in [1.165, 1.54) is 6.42 Å². The number of ether oxygens (including phenoxy) is 4. The summed E-state index contributed by atoms with van der Waals surface area (Å²) in [6.45, 7) is 0.356. The van der Waals surface area contributed by atoms with Crippen molar-refractivity contribution in [1.29, 1.82) is 0 Å². The largest absolute Gasteiger partial charge is 0.394 e. The molecular formula is C33H57NO13. The van der Waals surface area contributed by atoms with Gasteiger partial charge >= 0.3 is 0 Å². The van der Waals surface area contributed by atoms with Crippen molar-refractivity contribution in [2.45, 2.75) is 145 Å². The quantitative estimate of drug-likeness (QED) is 0.0888. The molecule has 0 spiro atoms. The standard InChI is InChI=1S/C33H57NO13/c1-2-3-4-5-6-33(19-8-17-7-18(10-19)11-20(33)9-17)12-24(37)34-21(15-44-31-29(42)27(40)25(38)22(13-35)46-31)16-45-32-30(43)28(41)26(39)23(14-36)47-32/h17-23,25-32,35-36,38-43H,2-16H2,1H3,(H,34,37)/t17-,18+,19+,20?,21?,22?,23?,25-,26-,27+,28+,29?,30?,31-,32-,33+/m0/s1. The molecule has 14 nitrogen and oxygen atoms in total. The van der Waals surface area contributed by atoms with Gasteiger partial charge in [0.05, 0.1) is 32.5 Å². The highest BCUT2D eigenvalue weighted by Crippen LogP contribution is 2.65. The molecule has 6 aliphatic rings. The second-order valence-electron chi connectivity index (χ2n) is 14.9. The van der Waals surface area contributed by atoms with Gasteiger partial charge in [-0.15, -0.1) is 0 Å². The average molecular weight is 676 g/mol. The maximum atomic E-state index is 14.0. The summed E-state index contributed by atoms with van der Waals surface area (Å²) in [5, 5.41) is 83.9. The van der Waals surface area contributed by atoms with Gasteiger partial charge < -0.3 is 65.1 Å². The number of hydrogen-bond donors (Lipinski definition) is 9. The van der Waals surface area contributed by atoms with E-state index in [0.717, 1.165) is 69.6 Å². The zero-order valence-electron chi connectivity index (χ0n) is 27.4. The normalized spacial score (nSPS) is 45.2. The smallest absolute Gasteiger partial charge is 0.220 e. The first-order chi connectivity index (χ1) is 22.5. The minimum Gasteiger partial charge on any atom is -0.394 e. The van der Waals surface area contributed by atoms with Crippen molar-refractivity contribution in [3.8, 4) is 0 Å². The molecule has 6 fully saturated rings. The first-order valence-corrected chi connectivity index (χ1v) is 17.6. The van der Waals surface area contributed by atoms with Crippen LogP contribution in [0.4, 0.5) is 0 Å². The van der Waals surface area contributed by atoms with Crippen molar-refractivity contribution in [3.05, 3.63) is 0 Å². The summed E-state index contributed by atoms with van der Waals surface area (Å²) >= 11 is 0. The summed E-state index contributed by atoms with van der Waals surface area (Å²) < 4.78 is 22.5. The molecule has 0 aromatic heterocycles. The predicted octanol–water partition coefficient (Wildman–Crippen LogP) is -1.09. The van der Waals surface area contributed by atoms with Crippen molar-refractivity contribution in [2.24, 2.45) is 29.1 Å². The lowest BCUT2D eigenvalue weighted by molar-refractivity contribution is -0.309. The number of aliphatic hydroxyl groups excluding tert-OH is 8. The number of unbranched alkanes of at least 4 members (excludes halogenated alkanes) is 3.